The molecule has 0 aliphatic rings. The van der Waals surface area contributed by atoms with Gasteiger partial charge in [0.05, 0.1) is 23.2 Å². The summed E-state index contributed by atoms with van der Waals surface area (Å²) in [6.45, 7) is 1.78. The number of hydrogen-bond acceptors (Lipinski definition) is 3. The Bertz CT molecular complexity index is 1120. The van der Waals surface area contributed by atoms with Gasteiger partial charge in [0, 0.05) is 15.7 Å². The van der Waals surface area contributed by atoms with Gasteiger partial charge in [-0.05, 0) is 53.9 Å². The number of halogens is 3. The van der Waals surface area contributed by atoms with Crippen molar-refractivity contribution in [2.24, 2.45) is 0 Å². The first-order valence-corrected chi connectivity index (χ1v) is 9.38. The van der Waals surface area contributed by atoms with E-state index in [1.54, 1.807) is 43.3 Å². The zero-order chi connectivity index (χ0) is 21.1. The number of amides is 1. The van der Waals surface area contributed by atoms with Gasteiger partial charge in [0.15, 0.2) is 0 Å². The minimum Gasteiger partial charge on any atom is -0.396 e. The number of rotatable bonds is 4. The summed E-state index contributed by atoms with van der Waals surface area (Å²) < 4.78 is 13.6. The fourth-order valence-electron chi connectivity index (χ4n) is 2.96. The Morgan fingerprint density at radius 3 is 2.52 bits per heavy atom. The quantitative estimate of drug-likeness (QED) is 0.506. The Morgan fingerprint density at radius 2 is 1.86 bits per heavy atom. The van der Waals surface area contributed by atoms with Crippen molar-refractivity contribution in [2.45, 2.75) is 12.8 Å². The lowest BCUT2D eigenvalue weighted by Crippen LogP contribution is -2.16. The maximum Gasteiger partial charge on any atom is 0.257 e. The first kappa shape index (κ1) is 20.7. The summed E-state index contributed by atoms with van der Waals surface area (Å²) in [6, 6.07) is 16.5. The molecule has 1 atom stereocenters. The summed E-state index contributed by atoms with van der Waals surface area (Å²) in [7, 11) is 0. The number of carbonyl (C=O) groups is 1. The molecule has 146 valence electrons. The maximum absolute atomic E-state index is 13.6. The van der Waals surface area contributed by atoms with Crippen LogP contribution in [0.4, 0.5) is 15.8 Å². The molecule has 0 heterocycles. The minimum atomic E-state index is -0.664. The van der Waals surface area contributed by atoms with Gasteiger partial charge in [-0.1, -0.05) is 47.5 Å². The van der Waals surface area contributed by atoms with Crippen LogP contribution in [0.15, 0.2) is 54.6 Å². The number of para-hydroxylation sites is 1. The fraction of sp³-hybridized carbons (Fsp3) is 0.0909. The smallest absolute Gasteiger partial charge is 0.257 e. The van der Waals surface area contributed by atoms with E-state index < -0.39 is 17.6 Å². The molecular weight excluding hydrogens is 412 g/mol. The van der Waals surface area contributed by atoms with Gasteiger partial charge in [-0.3, -0.25) is 4.79 Å². The zero-order valence-corrected chi connectivity index (χ0v) is 16.9. The van der Waals surface area contributed by atoms with Gasteiger partial charge in [-0.25, -0.2) is 4.39 Å². The van der Waals surface area contributed by atoms with Crippen LogP contribution in [0.5, 0.6) is 0 Å². The minimum absolute atomic E-state index is 0.0284. The molecule has 0 fully saturated rings. The number of nitrogen functional groups attached to an aromatic ring is 1. The molecule has 3 N–H and O–H groups in total. The van der Waals surface area contributed by atoms with Crippen LogP contribution in [0.2, 0.25) is 10.0 Å². The van der Waals surface area contributed by atoms with E-state index >= 15 is 0 Å². The SMILES string of the molecule is Cc1cc(C(C#N)c2ccc(Cl)cc2)c(Cl)cc1NC(=O)c1cccc(F)c1N. The number of nitriles is 1. The summed E-state index contributed by atoms with van der Waals surface area (Å²) in [5.74, 6) is -1.81. The molecule has 0 saturated heterocycles. The van der Waals surface area contributed by atoms with Crippen molar-refractivity contribution in [3.8, 4) is 6.07 Å². The fourth-order valence-corrected chi connectivity index (χ4v) is 3.36. The maximum atomic E-state index is 13.6. The second-order valence-electron chi connectivity index (χ2n) is 6.46. The molecule has 4 nitrogen and oxygen atoms in total. The predicted octanol–water partition coefficient (Wildman–Crippen LogP) is 5.93. The van der Waals surface area contributed by atoms with Crippen LogP contribution >= 0.6 is 23.2 Å². The van der Waals surface area contributed by atoms with Crippen LogP contribution in [0.25, 0.3) is 0 Å². The number of anilines is 2. The van der Waals surface area contributed by atoms with E-state index in [0.29, 0.717) is 26.9 Å². The predicted molar refractivity (Wildman–Crippen MR) is 114 cm³/mol. The Morgan fingerprint density at radius 1 is 1.17 bits per heavy atom. The molecule has 0 spiro atoms. The van der Waals surface area contributed by atoms with Crippen molar-refractivity contribution in [3.05, 3.63) is 92.7 Å². The average Bonchev–Trinajstić information content (AvgIpc) is 2.69. The number of nitrogens with zero attached hydrogens (tertiary/aromatic N) is 1. The van der Waals surface area contributed by atoms with Gasteiger partial charge in [0.25, 0.3) is 5.91 Å². The number of nitrogens with two attached hydrogens (primary N) is 1. The summed E-state index contributed by atoms with van der Waals surface area (Å²) in [6.07, 6.45) is 0. The van der Waals surface area contributed by atoms with E-state index in [0.717, 1.165) is 5.56 Å². The first-order chi connectivity index (χ1) is 13.8. The molecule has 3 aromatic rings. The molecule has 1 unspecified atom stereocenters. The van der Waals surface area contributed by atoms with E-state index in [4.69, 9.17) is 28.9 Å². The van der Waals surface area contributed by atoms with Gasteiger partial charge >= 0.3 is 0 Å². The van der Waals surface area contributed by atoms with Gasteiger partial charge in [-0.15, -0.1) is 0 Å². The summed E-state index contributed by atoms with van der Waals surface area (Å²) in [5.41, 5.74) is 7.96. The monoisotopic (exact) mass is 427 g/mol. The van der Waals surface area contributed by atoms with E-state index in [-0.39, 0.29) is 11.3 Å². The van der Waals surface area contributed by atoms with E-state index in [9.17, 15) is 14.4 Å². The first-order valence-electron chi connectivity index (χ1n) is 8.62. The number of carbonyl (C=O) groups excluding carboxylic acids is 1. The Labute approximate surface area is 177 Å². The van der Waals surface area contributed by atoms with Crippen molar-refractivity contribution >= 4 is 40.5 Å². The van der Waals surface area contributed by atoms with Gasteiger partial charge in [-0.2, -0.15) is 5.26 Å². The van der Waals surface area contributed by atoms with Crippen molar-refractivity contribution in [2.75, 3.05) is 11.1 Å². The Hall–Kier alpha value is -3.07. The number of benzene rings is 3. The molecular formula is C22H16Cl2FN3O. The third-order valence-electron chi connectivity index (χ3n) is 4.53. The third kappa shape index (κ3) is 4.34. The van der Waals surface area contributed by atoms with E-state index in [1.165, 1.54) is 18.2 Å². The van der Waals surface area contributed by atoms with Crippen molar-refractivity contribution in [1.29, 1.82) is 5.26 Å². The van der Waals surface area contributed by atoms with Crippen LogP contribution in [-0.2, 0) is 0 Å². The second kappa shape index (κ2) is 8.52. The third-order valence-corrected chi connectivity index (χ3v) is 5.11. The highest BCUT2D eigenvalue weighted by Crippen LogP contribution is 2.34. The molecule has 0 saturated carbocycles. The Kier molecular flexibility index (Phi) is 6.07. The second-order valence-corrected chi connectivity index (χ2v) is 7.30. The molecule has 3 aromatic carbocycles. The zero-order valence-electron chi connectivity index (χ0n) is 15.3. The van der Waals surface area contributed by atoms with Crippen LogP contribution in [0.1, 0.15) is 33.0 Å². The molecule has 0 aromatic heterocycles. The highest BCUT2D eigenvalue weighted by Gasteiger charge is 2.20. The van der Waals surface area contributed by atoms with E-state index in [1.807, 2.05) is 0 Å². The topological polar surface area (TPSA) is 78.9 Å². The lowest BCUT2D eigenvalue weighted by atomic mass is 9.91. The lowest BCUT2D eigenvalue weighted by molar-refractivity contribution is 0.102. The molecule has 0 aliphatic heterocycles. The molecule has 0 bridgehead atoms. The Balaban J connectivity index is 1.93. The molecule has 0 radical (unpaired) electrons. The van der Waals surface area contributed by atoms with Crippen molar-refractivity contribution < 1.29 is 9.18 Å². The molecule has 3 rings (SSSR count). The normalized spacial score (nSPS) is 11.6. The lowest BCUT2D eigenvalue weighted by Gasteiger charge is -2.16. The molecule has 0 aliphatic carbocycles. The molecule has 7 heteroatoms. The van der Waals surface area contributed by atoms with Crippen LogP contribution < -0.4 is 11.1 Å². The largest absolute Gasteiger partial charge is 0.396 e. The summed E-state index contributed by atoms with van der Waals surface area (Å²) in [4.78, 5) is 12.5. The van der Waals surface area contributed by atoms with Crippen molar-refractivity contribution in [3.63, 3.8) is 0 Å². The summed E-state index contributed by atoms with van der Waals surface area (Å²) in [5, 5.41) is 13.3. The summed E-state index contributed by atoms with van der Waals surface area (Å²) >= 11 is 12.3. The van der Waals surface area contributed by atoms with Gasteiger partial charge in [0.2, 0.25) is 0 Å². The van der Waals surface area contributed by atoms with Crippen LogP contribution in [-0.4, -0.2) is 5.91 Å². The highest BCUT2D eigenvalue weighted by molar-refractivity contribution is 6.32. The van der Waals surface area contributed by atoms with E-state index in [2.05, 4.69) is 11.4 Å². The molecule has 1 amide bonds. The van der Waals surface area contributed by atoms with Gasteiger partial charge in [0.1, 0.15) is 5.82 Å². The van der Waals surface area contributed by atoms with Gasteiger partial charge < -0.3 is 11.1 Å². The van der Waals surface area contributed by atoms with Crippen molar-refractivity contribution in [1.82, 2.24) is 0 Å². The van der Waals surface area contributed by atoms with Crippen LogP contribution in [0, 0.1) is 24.1 Å². The standard InChI is InChI=1S/C22H16Cl2FN3O/c1-12-9-16(17(11-26)13-5-7-14(23)8-6-13)18(24)10-20(12)28-22(29)15-3-2-4-19(25)21(15)27/h2-10,17H,27H2,1H3,(H,28,29). The average molecular weight is 428 g/mol. The van der Waals surface area contributed by atoms with Crippen LogP contribution in [0.3, 0.4) is 0 Å². The number of hydrogen-bond donors (Lipinski definition) is 2. The highest BCUT2D eigenvalue weighted by atomic mass is 35.5. The number of aryl methyl sites for hydroxylation is 1. The molecule has 29 heavy (non-hydrogen) atoms. The number of nitrogens with one attached hydrogen (secondary N) is 1.